The van der Waals surface area contributed by atoms with E-state index in [1.54, 1.807) is 13.3 Å². The minimum atomic E-state index is 0.456. The lowest BCUT2D eigenvalue weighted by molar-refractivity contribution is 0.415. The van der Waals surface area contributed by atoms with Crippen LogP contribution in [0.15, 0.2) is 36.5 Å². The fourth-order valence-corrected chi connectivity index (χ4v) is 2.00. The Hall–Kier alpha value is -1.45. The predicted molar refractivity (Wildman–Crippen MR) is 74.6 cm³/mol. The highest BCUT2D eigenvalue weighted by Gasteiger charge is 2.03. The first-order valence-electron chi connectivity index (χ1n) is 5.37. The number of hydrogen-bond acceptors (Lipinski definition) is 3. The van der Waals surface area contributed by atoms with E-state index >= 15 is 0 Å². The molecular weight excluding hydrogens is 271 g/mol. The summed E-state index contributed by atoms with van der Waals surface area (Å²) in [5, 5.41) is 4.25. The first kappa shape index (κ1) is 13.0. The van der Waals surface area contributed by atoms with Gasteiger partial charge in [0.25, 0.3) is 0 Å². The molecule has 1 aromatic carbocycles. The highest BCUT2D eigenvalue weighted by molar-refractivity contribution is 6.32. The summed E-state index contributed by atoms with van der Waals surface area (Å²) in [4.78, 5) is 3.99. The number of methoxy groups -OCH3 is 1. The van der Waals surface area contributed by atoms with Crippen molar-refractivity contribution < 1.29 is 4.74 Å². The Morgan fingerprint density at radius 1 is 1.28 bits per heavy atom. The van der Waals surface area contributed by atoms with Crippen LogP contribution in [0.4, 0.5) is 5.69 Å². The number of ether oxygens (including phenoxy) is 1. The van der Waals surface area contributed by atoms with E-state index in [-0.39, 0.29) is 0 Å². The Kier molecular flexibility index (Phi) is 4.28. The summed E-state index contributed by atoms with van der Waals surface area (Å²) in [6.07, 6.45) is 1.65. The van der Waals surface area contributed by atoms with Crippen molar-refractivity contribution in [3.05, 3.63) is 52.3 Å². The van der Waals surface area contributed by atoms with Crippen LogP contribution >= 0.6 is 23.2 Å². The Balaban J connectivity index is 2.07. The fourth-order valence-electron chi connectivity index (χ4n) is 1.54. The summed E-state index contributed by atoms with van der Waals surface area (Å²) in [7, 11) is 1.59. The van der Waals surface area contributed by atoms with Crippen LogP contribution < -0.4 is 10.1 Å². The lowest BCUT2D eigenvalue weighted by atomic mass is 10.2. The molecule has 18 heavy (non-hydrogen) atoms. The topological polar surface area (TPSA) is 34.1 Å². The lowest BCUT2D eigenvalue weighted by Gasteiger charge is -2.09. The van der Waals surface area contributed by atoms with E-state index in [1.165, 1.54) is 0 Å². The van der Waals surface area contributed by atoms with Gasteiger partial charge in [-0.3, -0.25) is 0 Å². The SMILES string of the molecule is COc1ccc(CNc2cccnc2Cl)cc1Cl. The maximum Gasteiger partial charge on any atom is 0.152 e. The second-order valence-corrected chi connectivity index (χ2v) is 4.43. The van der Waals surface area contributed by atoms with Crippen molar-refractivity contribution in [1.29, 1.82) is 0 Å². The molecule has 0 fully saturated rings. The van der Waals surface area contributed by atoms with Gasteiger partial charge in [0.15, 0.2) is 5.15 Å². The molecule has 0 unspecified atom stereocenters. The molecule has 0 saturated carbocycles. The number of pyridine rings is 1. The van der Waals surface area contributed by atoms with Crippen LogP contribution in [0.5, 0.6) is 5.75 Å². The Bertz CT molecular complexity index is 546. The molecule has 5 heteroatoms. The van der Waals surface area contributed by atoms with Crippen molar-refractivity contribution in [2.45, 2.75) is 6.54 Å². The third-order valence-corrected chi connectivity index (χ3v) is 3.05. The number of nitrogens with zero attached hydrogens (tertiary/aromatic N) is 1. The molecule has 2 aromatic rings. The maximum absolute atomic E-state index is 6.05. The van der Waals surface area contributed by atoms with Gasteiger partial charge < -0.3 is 10.1 Å². The van der Waals surface area contributed by atoms with Gasteiger partial charge in [0.1, 0.15) is 5.75 Å². The van der Waals surface area contributed by atoms with Gasteiger partial charge in [0, 0.05) is 12.7 Å². The number of nitrogens with one attached hydrogen (secondary N) is 1. The summed E-state index contributed by atoms with van der Waals surface area (Å²) < 4.78 is 5.10. The van der Waals surface area contributed by atoms with Gasteiger partial charge in [-0.05, 0) is 29.8 Å². The zero-order valence-electron chi connectivity index (χ0n) is 9.78. The van der Waals surface area contributed by atoms with Crippen molar-refractivity contribution in [3.63, 3.8) is 0 Å². The average molecular weight is 283 g/mol. The third-order valence-electron chi connectivity index (χ3n) is 2.46. The predicted octanol–water partition coefficient (Wildman–Crippen LogP) is 4.01. The van der Waals surface area contributed by atoms with E-state index in [4.69, 9.17) is 27.9 Å². The maximum atomic E-state index is 6.05. The summed E-state index contributed by atoms with van der Waals surface area (Å²) >= 11 is 12.0. The van der Waals surface area contributed by atoms with Crippen molar-refractivity contribution in [3.8, 4) is 5.75 Å². The Labute approximate surface area is 116 Å². The molecule has 2 rings (SSSR count). The summed E-state index contributed by atoms with van der Waals surface area (Å²) in [6.45, 7) is 0.620. The van der Waals surface area contributed by atoms with Gasteiger partial charge in [-0.1, -0.05) is 29.3 Å². The first-order valence-corrected chi connectivity index (χ1v) is 6.13. The van der Waals surface area contributed by atoms with Crippen LogP contribution in [0.1, 0.15) is 5.56 Å². The number of aromatic nitrogens is 1. The van der Waals surface area contributed by atoms with Crippen molar-refractivity contribution in [2.75, 3.05) is 12.4 Å². The second-order valence-electron chi connectivity index (χ2n) is 3.66. The molecule has 0 atom stereocenters. The molecule has 94 valence electrons. The molecule has 0 aliphatic rings. The van der Waals surface area contributed by atoms with Gasteiger partial charge in [0.05, 0.1) is 17.8 Å². The van der Waals surface area contributed by atoms with E-state index in [0.717, 1.165) is 11.3 Å². The van der Waals surface area contributed by atoms with Gasteiger partial charge in [-0.15, -0.1) is 0 Å². The average Bonchev–Trinajstić information content (AvgIpc) is 2.38. The molecule has 0 spiro atoms. The molecule has 0 aliphatic heterocycles. The molecule has 0 radical (unpaired) electrons. The second kappa shape index (κ2) is 5.94. The molecule has 1 heterocycles. The minimum Gasteiger partial charge on any atom is -0.495 e. The molecule has 3 nitrogen and oxygen atoms in total. The quantitative estimate of drug-likeness (QED) is 0.861. The summed E-state index contributed by atoms with van der Waals surface area (Å²) in [6, 6.07) is 9.35. The normalized spacial score (nSPS) is 10.2. The minimum absolute atomic E-state index is 0.456. The molecule has 0 amide bonds. The Morgan fingerprint density at radius 3 is 2.78 bits per heavy atom. The van der Waals surface area contributed by atoms with E-state index in [9.17, 15) is 0 Å². The zero-order chi connectivity index (χ0) is 13.0. The number of benzene rings is 1. The molecule has 0 saturated heterocycles. The number of anilines is 1. The van der Waals surface area contributed by atoms with E-state index < -0.39 is 0 Å². The lowest BCUT2D eigenvalue weighted by Crippen LogP contribution is -2.00. The van der Waals surface area contributed by atoms with Crippen LogP contribution in [0, 0.1) is 0 Å². The van der Waals surface area contributed by atoms with E-state index in [1.807, 2.05) is 30.3 Å². The first-order chi connectivity index (χ1) is 8.70. The summed E-state index contributed by atoms with van der Waals surface area (Å²) in [5.41, 5.74) is 1.84. The summed E-state index contributed by atoms with van der Waals surface area (Å²) in [5.74, 6) is 0.667. The van der Waals surface area contributed by atoms with Gasteiger partial charge in [-0.25, -0.2) is 4.98 Å². The van der Waals surface area contributed by atoms with Gasteiger partial charge >= 0.3 is 0 Å². The number of halogens is 2. The van der Waals surface area contributed by atoms with Crippen LogP contribution in [0.3, 0.4) is 0 Å². The van der Waals surface area contributed by atoms with Crippen molar-refractivity contribution in [2.24, 2.45) is 0 Å². The van der Waals surface area contributed by atoms with Crippen LogP contribution in [-0.2, 0) is 6.54 Å². The fraction of sp³-hybridized carbons (Fsp3) is 0.154. The standard InChI is InChI=1S/C13H12Cl2N2O/c1-18-12-5-4-9(7-10(12)14)8-17-11-3-2-6-16-13(11)15/h2-7,17H,8H2,1H3. The monoisotopic (exact) mass is 282 g/mol. The third kappa shape index (κ3) is 3.06. The smallest absolute Gasteiger partial charge is 0.152 e. The highest BCUT2D eigenvalue weighted by atomic mass is 35.5. The van der Waals surface area contributed by atoms with Gasteiger partial charge in [-0.2, -0.15) is 0 Å². The number of hydrogen-bond donors (Lipinski definition) is 1. The molecular formula is C13H12Cl2N2O. The van der Waals surface area contributed by atoms with Gasteiger partial charge in [0.2, 0.25) is 0 Å². The largest absolute Gasteiger partial charge is 0.495 e. The zero-order valence-corrected chi connectivity index (χ0v) is 11.3. The molecule has 1 N–H and O–H groups in total. The molecule has 1 aromatic heterocycles. The van der Waals surface area contributed by atoms with Crippen molar-refractivity contribution in [1.82, 2.24) is 4.98 Å². The molecule has 0 bridgehead atoms. The van der Waals surface area contributed by atoms with Crippen molar-refractivity contribution >= 4 is 28.9 Å². The van der Waals surface area contributed by atoms with E-state index in [2.05, 4.69) is 10.3 Å². The van der Waals surface area contributed by atoms with Crippen LogP contribution in [0.2, 0.25) is 10.2 Å². The van der Waals surface area contributed by atoms with E-state index in [0.29, 0.717) is 22.5 Å². The highest BCUT2D eigenvalue weighted by Crippen LogP contribution is 2.25. The van der Waals surface area contributed by atoms with Crippen LogP contribution in [-0.4, -0.2) is 12.1 Å². The molecule has 0 aliphatic carbocycles. The number of rotatable bonds is 4. The Morgan fingerprint density at radius 2 is 2.11 bits per heavy atom. The van der Waals surface area contributed by atoms with Crippen LogP contribution in [0.25, 0.3) is 0 Å².